The number of benzene rings is 3. The van der Waals surface area contributed by atoms with Crippen LogP contribution in [0.4, 0.5) is 0 Å². The SMILES string of the molecule is COC(=O)c1ccc(COc2ccc3c(c2C)O/C(=C/c2cn(C)c4ccc(OC)cc24)C3=O)cc1. The Balaban J connectivity index is 1.38. The van der Waals surface area contributed by atoms with E-state index < -0.39 is 0 Å². The van der Waals surface area contributed by atoms with Crippen molar-refractivity contribution in [2.45, 2.75) is 13.5 Å². The quantitative estimate of drug-likeness (QED) is 0.267. The molecule has 36 heavy (non-hydrogen) atoms. The first-order valence-electron chi connectivity index (χ1n) is 11.4. The number of ketones is 1. The topological polar surface area (TPSA) is 76.0 Å². The van der Waals surface area contributed by atoms with Gasteiger partial charge >= 0.3 is 5.97 Å². The standard InChI is InChI=1S/C29H25NO6/c1-17-25(35-16-18-5-7-19(8-6-18)29(32)34-4)12-10-22-27(31)26(36-28(17)22)13-20-15-30(2)24-11-9-21(33-3)14-23(20)24/h5-15H,16H2,1-4H3/b26-13+. The van der Waals surface area contributed by atoms with Gasteiger partial charge in [0.25, 0.3) is 0 Å². The number of hydrogen-bond acceptors (Lipinski definition) is 6. The lowest BCUT2D eigenvalue weighted by atomic mass is 10.1. The summed E-state index contributed by atoms with van der Waals surface area (Å²) in [7, 11) is 4.94. The van der Waals surface area contributed by atoms with E-state index in [2.05, 4.69) is 0 Å². The Morgan fingerprint density at radius 1 is 1.06 bits per heavy atom. The Morgan fingerprint density at radius 2 is 1.83 bits per heavy atom. The van der Waals surface area contributed by atoms with Gasteiger partial charge in [0.1, 0.15) is 23.9 Å². The van der Waals surface area contributed by atoms with Gasteiger partial charge in [-0.3, -0.25) is 4.79 Å². The number of aromatic nitrogens is 1. The Kier molecular flexibility index (Phi) is 5.98. The van der Waals surface area contributed by atoms with Crippen LogP contribution in [-0.4, -0.2) is 30.5 Å². The molecule has 5 rings (SSSR count). The van der Waals surface area contributed by atoms with Crippen molar-refractivity contribution in [2.24, 2.45) is 7.05 Å². The summed E-state index contributed by atoms with van der Waals surface area (Å²) < 4.78 is 24.2. The predicted molar refractivity (Wildman–Crippen MR) is 136 cm³/mol. The third-order valence-corrected chi connectivity index (χ3v) is 6.32. The first-order valence-corrected chi connectivity index (χ1v) is 11.4. The van der Waals surface area contributed by atoms with Crippen LogP contribution in [0.15, 0.2) is 66.6 Å². The highest BCUT2D eigenvalue weighted by molar-refractivity contribution is 6.15. The molecule has 1 aromatic heterocycles. The van der Waals surface area contributed by atoms with Gasteiger partial charge in [-0.2, -0.15) is 0 Å². The van der Waals surface area contributed by atoms with Crippen molar-refractivity contribution in [1.29, 1.82) is 0 Å². The number of carbonyl (C=O) groups is 2. The Bertz CT molecular complexity index is 1530. The molecule has 0 atom stereocenters. The van der Waals surface area contributed by atoms with Gasteiger partial charge in [-0.05, 0) is 61.0 Å². The lowest BCUT2D eigenvalue weighted by Gasteiger charge is -2.11. The highest BCUT2D eigenvalue weighted by Crippen LogP contribution is 2.40. The second-order valence-electron chi connectivity index (χ2n) is 8.56. The Labute approximate surface area is 208 Å². The zero-order valence-corrected chi connectivity index (χ0v) is 20.5. The second-order valence-corrected chi connectivity index (χ2v) is 8.56. The molecule has 182 valence electrons. The predicted octanol–water partition coefficient (Wildman–Crippen LogP) is 5.48. The van der Waals surface area contributed by atoms with E-state index in [1.54, 1.807) is 37.5 Å². The third kappa shape index (κ3) is 4.09. The van der Waals surface area contributed by atoms with Crippen LogP contribution in [0.2, 0.25) is 0 Å². The van der Waals surface area contributed by atoms with E-state index in [0.717, 1.165) is 33.3 Å². The highest BCUT2D eigenvalue weighted by atomic mass is 16.5. The zero-order chi connectivity index (χ0) is 25.4. The summed E-state index contributed by atoms with van der Waals surface area (Å²) in [6.45, 7) is 2.17. The Hall–Kier alpha value is -4.52. The van der Waals surface area contributed by atoms with E-state index in [1.165, 1.54) is 7.11 Å². The molecule has 1 aliphatic heterocycles. The summed E-state index contributed by atoms with van der Waals surface area (Å²) in [6, 6.07) is 16.4. The molecule has 2 heterocycles. The Morgan fingerprint density at radius 3 is 2.56 bits per heavy atom. The lowest BCUT2D eigenvalue weighted by Crippen LogP contribution is -2.02. The van der Waals surface area contributed by atoms with Gasteiger partial charge in [-0.15, -0.1) is 0 Å². The van der Waals surface area contributed by atoms with E-state index in [4.69, 9.17) is 18.9 Å². The molecule has 0 aliphatic carbocycles. The number of ether oxygens (including phenoxy) is 4. The van der Waals surface area contributed by atoms with Crippen molar-refractivity contribution in [3.63, 3.8) is 0 Å². The third-order valence-electron chi connectivity index (χ3n) is 6.32. The van der Waals surface area contributed by atoms with Crippen LogP contribution in [0.5, 0.6) is 17.2 Å². The number of rotatable bonds is 6. The largest absolute Gasteiger partial charge is 0.497 e. The van der Waals surface area contributed by atoms with Gasteiger partial charge in [0, 0.05) is 35.3 Å². The summed E-state index contributed by atoms with van der Waals surface area (Å²) in [5.41, 5.74) is 4.52. The maximum absolute atomic E-state index is 13.1. The van der Waals surface area contributed by atoms with Crippen molar-refractivity contribution in [3.8, 4) is 17.2 Å². The summed E-state index contributed by atoms with van der Waals surface area (Å²) in [6.07, 6.45) is 3.73. The van der Waals surface area contributed by atoms with Crippen LogP contribution in [0.1, 0.15) is 37.4 Å². The van der Waals surface area contributed by atoms with Gasteiger partial charge < -0.3 is 23.5 Å². The van der Waals surface area contributed by atoms with Crippen LogP contribution in [0, 0.1) is 6.92 Å². The molecule has 1 aliphatic rings. The van der Waals surface area contributed by atoms with E-state index >= 15 is 0 Å². The minimum Gasteiger partial charge on any atom is -0.497 e. The van der Waals surface area contributed by atoms with E-state index in [1.807, 2.05) is 55.1 Å². The molecule has 0 spiro atoms. The molecular weight excluding hydrogens is 458 g/mol. The number of esters is 1. The molecular formula is C29H25NO6. The second kappa shape index (κ2) is 9.26. The normalized spacial score (nSPS) is 13.6. The minimum absolute atomic E-state index is 0.169. The van der Waals surface area contributed by atoms with Crippen molar-refractivity contribution in [3.05, 3.63) is 94.4 Å². The molecule has 0 saturated heterocycles. The fourth-order valence-corrected chi connectivity index (χ4v) is 4.33. The molecule has 0 fully saturated rings. The van der Waals surface area contributed by atoms with Crippen molar-refractivity contribution in [2.75, 3.05) is 14.2 Å². The van der Waals surface area contributed by atoms with Crippen LogP contribution in [0.25, 0.3) is 17.0 Å². The monoisotopic (exact) mass is 483 g/mol. The maximum Gasteiger partial charge on any atom is 0.337 e. The number of allylic oxidation sites excluding steroid dienone is 1. The number of nitrogens with zero attached hydrogens (tertiary/aromatic N) is 1. The number of carbonyl (C=O) groups excluding carboxylic acids is 2. The smallest absolute Gasteiger partial charge is 0.337 e. The molecule has 0 amide bonds. The van der Waals surface area contributed by atoms with Gasteiger partial charge in [0.2, 0.25) is 5.78 Å². The van der Waals surface area contributed by atoms with Gasteiger partial charge in [-0.25, -0.2) is 4.79 Å². The molecule has 0 unspecified atom stereocenters. The number of fused-ring (bicyclic) bond motifs is 2. The van der Waals surface area contributed by atoms with E-state index in [-0.39, 0.29) is 17.5 Å². The number of Topliss-reactive ketones (excluding diaryl/α,β-unsaturated/α-hetero) is 1. The highest BCUT2D eigenvalue weighted by Gasteiger charge is 2.30. The average molecular weight is 484 g/mol. The van der Waals surface area contributed by atoms with Crippen molar-refractivity contribution >= 4 is 28.7 Å². The van der Waals surface area contributed by atoms with Crippen molar-refractivity contribution < 1.29 is 28.5 Å². The molecule has 0 bridgehead atoms. The van der Waals surface area contributed by atoms with Gasteiger partial charge in [-0.1, -0.05) is 12.1 Å². The summed E-state index contributed by atoms with van der Waals surface area (Å²) >= 11 is 0. The first kappa shape index (κ1) is 23.2. The van der Waals surface area contributed by atoms with Crippen LogP contribution in [0.3, 0.4) is 0 Å². The van der Waals surface area contributed by atoms with Crippen LogP contribution >= 0.6 is 0 Å². The van der Waals surface area contributed by atoms with Crippen LogP contribution in [-0.2, 0) is 18.4 Å². The molecule has 0 saturated carbocycles. The molecule has 7 nitrogen and oxygen atoms in total. The van der Waals surface area contributed by atoms with E-state index in [0.29, 0.717) is 29.2 Å². The van der Waals surface area contributed by atoms with Gasteiger partial charge in [0.15, 0.2) is 5.76 Å². The summed E-state index contributed by atoms with van der Waals surface area (Å²) in [4.78, 5) is 24.7. The van der Waals surface area contributed by atoms with Gasteiger partial charge in [0.05, 0.1) is 25.3 Å². The average Bonchev–Trinajstić information content (AvgIpc) is 3.39. The molecule has 4 aromatic rings. The fraction of sp³-hybridized carbons (Fsp3) is 0.172. The lowest BCUT2D eigenvalue weighted by molar-refractivity contribution is 0.0600. The maximum atomic E-state index is 13.1. The minimum atomic E-state index is -0.384. The summed E-state index contributed by atoms with van der Waals surface area (Å²) in [5.74, 6) is 1.58. The summed E-state index contributed by atoms with van der Waals surface area (Å²) in [5, 5.41) is 0.968. The number of aryl methyl sites for hydroxylation is 1. The van der Waals surface area contributed by atoms with Crippen LogP contribution < -0.4 is 14.2 Å². The number of methoxy groups -OCH3 is 2. The molecule has 0 N–H and O–H groups in total. The first-order chi connectivity index (χ1) is 17.4. The molecule has 3 aromatic carbocycles. The van der Waals surface area contributed by atoms with Crippen molar-refractivity contribution in [1.82, 2.24) is 4.57 Å². The van der Waals surface area contributed by atoms with E-state index in [9.17, 15) is 9.59 Å². The number of hydrogen-bond donors (Lipinski definition) is 0. The molecule has 7 heteroatoms. The fourth-order valence-electron chi connectivity index (χ4n) is 4.33. The zero-order valence-electron chi connectivity index (χ0n) is 20.5. The molecule has 0 radical (unpaired) electrons.